The average Bonchev–Trinajstić information content (AvgIpc) is 3.12. The predicted octanol–water partition coefficient (Wildman–Crippen LogP) is 4.66. The molecule has 0 bridgehead atoms. The third kappa shape index (κ3) is 5.25. The zero-order valence-corrected chi connectivity index (χ0v) is 19.0. The van der Waals surface area contributed by atoms with Crippen LogP contribution in [-0.2, 0) is 16.8 Å². The van der Waals surface area contributed by atoms with Gasteiger partial charge in [-0.25, -0.2) is 4.98 Å². The quantitative estimate of drug-likeness (QED) is 0.605. The van der Waals surface area contributed by atoms with E-state index in [-0.39, 0.29) is 23.1 Å². The van der Waals surface area contributed by atoms with E-state index in [4.69, 9.17) is 0 Å². The minimum absolute atomic E-state index is 0.0238. The second kappa shape index (κ2) is 8.96. The van der Waals surface area contributed by atoms with Crippen molar-refractivity contribution in [3.8, 4) is 0 Å². The first-order valence-corrected chi connectivity index (χ1v) is 11.0. The van der Waals surface area contributed by atoms with E-state index in [1.54, 1.807) is 11.3 Å². The summed E-state index contributed by atoms with van der Waals surface area (Å²) in [6, 6.07) is 14.8. The Morgan fingerprint density at radius 2 is 1.70 bits per heavy atom. The number of carbonyl (C=O) groups excluding carboxylic acids is 2. The summed E-state index contributed by atoms with van der Waals surface area (Å²) < 4.78 is 1.09. The second-order valence-corrected chi connectivity index (χ2v) is 9.93. The Bertz CT molecular complexity index is 1000. The Balaban J connectivity index is 1.64. The van der Waals surface area contributed by atoms with Crippen LogP contribution in [0.4, 0.5) is 0 Å². The highest BCUT2D eigenvalue weighted by atomic mass is 32.1. The van der Waals surface area contributed by atoms with E-state index in [1.807, 2.05) is 62.4 Å². The largest absolute Gasteiger partial charge is 0.348 e. The molecule has 1 atom stereocenters. The smallest absolute Gasteiger partial charge is 0.251 e. The van der Waals surface area contributed by atoms with Crippen molar-refractivity contribution in [2.75, 3.05) is 0 Å². The molecule has 2 N–H and O–H groups in total. The van der Waals surface area contributed by atoms with Crippen molar-refractivity contribution in [3.63, 3.8) is 0 Å². The molecule has 0 saturated heterocycles. The van der Waals surface area contributed by atoms with Crippen LogP contribution in [0.2, 0.25) is 0 Å². The molecule has 2 amide bonds. The Labute approximate surface area is 181 Å². The summed E-state index contributed by atoms with van der Waals surface area (Å²) in [6.45, 7) is 10.6. The van der Waals surface area contributed by atoms with Crippen LogP contribution in [0.5, 0.6) is 0 Å². The average molecular weight is 424 g/mol. The Morgan fingerprint density at radius 3 is 2.30 bits per heavy atom. The van der Waals surface area contributed by atoms with Gasteiger partial charge in [0.15, 0.2) is 0 Å². The molecule has 0 aliphatic carbocycles. The van der Waals surface area contributed by atoms with Gasteiger partial charge in [0.2, 0.25) is 5.91 Å². The number of benzene rings is 2. The third-order valence-electron chi connectivity index (χ3n) is 5.00. The number of nitrogens with one attached hydrogen (secondary N) is 2. The molecule has 2 aromatic carbocycles. The maximum Gasteiger partial charge on any atom is 0.251 e. The van der Waals surface area contributed by atoms with Gasteiger partial charge in [-0.2, -0.15) is 0 Å². The lowest BCUT2D eigenvalue weighted by atomic mass is 9.86. The maximum atomic E-state index is 12.8. The number of aromatic nitrogens is 1. The minimum Gasteiger partial charge on any atom is -0.348 e. The van der Waals surface area contributed by atoms with Crippen LogP contribution in [0.25, 0.3) is 10.2 Å². The monoisotopic (exact) mass is 423 g/mol. The van der Waals surface area contributed by atoms with E-state index in [9.17, 15) is 9.59 Å². The van der Waals surface area contributed by atoms with Crippen molar-refractivity contribution in [2.45, 2.75) is 52.6 Å². The number of amides is 2. The highest BCUT2D eigenvalue weighted by molar-refractivity contribution is 7.18. The zero-order chi connectivity index (χ0) is 21.9. The summed E-state index contributed by atoms with van der Waals surface area (Å²) >= 11 is 1.56. The topological polar surface area (TPSA) is 71.1 Å². The van der Waals surface area contributed by atoms with E-state index < -0.39 is 6.04 Å². The van der Waals surface area contributed by atoms with Gasteiger partial charge >= 0.3 is 0 Å². The third-order valence-corrected chi connectivity index (χ3v) is 6.04. The summed E-state index contributed by atoms with van der Waals surface area (Å²) in [4.78, 5) is 30.0. The van der Waals surface area contributed by atoms with Crippen molar-refractivity contribution in [2.24, 2.45) is 5.92 Å². The molecule has 0 saturated carbocycles. The van der Waals surface area contributed by atoms with Gasteiger partial charge in [0, 0.05) is 5.56 Å². The van der Waals surface area contributed by atoms with Gasteiger partial charge in [-0.3, -0.25) is 9.59 Å². The molecule has 0 aliphatic rings. The highest BCUT2D eigenvalue weighted by Gasteiger charge is 2.25. The summed E-state index contributed by atoms with van der Waals surface area (Å²) in [6.07, 6.45) is 0. The fraction of sp³-hybridized carbons (Fsp3) is 0.375. The SMILES string of the molecule is CC(C)C(NC(=O)c1ccc(C(C)(C)C)cc1)C(=O)NCc1nc2ccccc2s1. The Morgan fingerprint density at radius 1 is 1.03 bits per heavy atom. The number of hydrogen-bond donors (Lipinski definition) is 2. The second-order valence-electron chi connectivity index (χ2n) is 8.82. The lowest BCUT2D eigenvalue weighted by Gasteiger charge is -2.22. The van der Waals surface area contributed by atoms with Gasteiger partial charge in [-0.15, -0.1) is 11.3 Å². The molecule has 1 unspecified atom stereocenters. The molecule has 158 valence electrons. The molecule has 1 aromatic heterocycles. The molecule has 0 fully saturated rings. The van der Waals surface area contributed by atoms with Crippen molar-refractivity contribution in [1.82, 2.24) is 15.6 Å². The van der Waals surface area contributed by atoms with E-state index in [0.29, 0.717) is 12.1 Å². The van der Waals surface area contributed by atoms with E-state index in [1.165, 1.54) is 0 Å². The first-order chi connectivity index (χ1) is 14.1. The van der Waals surface area contributed by atoms with Crippen LogP contribution < -0.4 is 10.6 Å². The lowest BCUT2D eigenvalue weighted by molar-refractivity contribution is -0.124. The molecule has 3 rings (SSSR count). The van der Waals surface area contributed by atoms with Crippen LogP contribution in [0.3, 0.4) is 0 Å². The van der Waals surface area contributed by atoms with Crippen molar-refractivity contribution in [1.29, 1.82) is 0 Å². The highest BCUT2D eigenvalue weighted by Crippen LogP contribution is 2.23. The number of carbonyl (C=O) groups is 2. The standard InChI is InChI=1S/C24H29N3O2S/c1-15(2)21(27-22(28)16-10-12-17(13-11-16)24(3,4)5)23(29)25-14-20-26-18-8-6-7-9-19(18)30-20/h6-13,15,21H,14H2,1-5H3,(H,25,29)(H,27,28). The fourth-order valence-electron chi connectivity index (χ4n) is 3.15. The molecular weight excluding hydrogens is 394 g/mol. The molecule has 3 aromatic rings. The molecule has 1 heterocycles. The van der Waals surface area contributed by atoms with Crippen LogP contribution in [0, 0.1) is 5.92 Å². The Hall–Kier alpha value is -2.73. The maximum absolute atomic E-state index is 12.8. The van der Waals surface area contributed by atoms with E-state index in [0.717, 1.165) is 20.8 Å². The number of hydrogen-bond acceptors (Lipinski definition) is 4. The van der Waals surface area contributed by atoms with E-state index >= 15 is 0 Å². The van der Waals surface area contributed by atoms with E-state index in [2.05, 4.69) is 36.4 Å². The van der Waals surface area contributed by atoms with Crippen molar-refractivity contribution >= 4 is 33.4 Å². The first kappa shape index (κ1) is 22.0. The molecular formula is C24H29N3O2S. The first-order valence-electron chi connectivity index (χ1n) is 10.2. The summed E-state index contributed by atoms with van der Waals surface area (Å²) in [5.74, 6) is -0.494. The van der Waals surface area contributed by atoms with Gasteiger partial charge < -0.3 is 10.6 Å². The Kier molecular flexibility index (Phi) is 6.56. The van der Waals surface area contributed by atoms with Crippen LogP contribution in [0.1, 0.15) is 55.5 Å². The molecule has 0 aliphatic heterocycles. The van der Waals surface area contributed by atoms with Gasteiger partial charge in [0.25, 0.3) is 5.91 Å². The molecule has 0 spiro atoms. The number of rotatable bonds is 6. The van der Waals surface area contributed by atoms with Crippen molar-refractivity contribution in [3.05, 3.63) is 64.7 Å². The molecule has 6 heteroatoms. The number of fused-ring (bicyclic) bond motifs is 1. The fourth-order valence-corrected chi connectivity index (χ4v) is 4.06. The molecule has 0 radical (unpaired) electrons. The predicted molar refractivity (Wildman–Crippen MR) is 123 cm³/mol. The zero-order valence-electron chi connectivity index (χ0n) is 18.2. The number of thiazole rings is 1. The molecule has 30 heavy (non-hydrogen) atoms. The summed E-state index contributed by atoms with van der Waals surface area (Å²) in [5, 5.41) is 6.65. The van der Waals surface area contributed by atoms with Gasteiger partial charge in [0.05, 0.1) is 16.8 Å². The molecule has 5 nitrogen and oxygen atoms in total. The van der Waals surface area contributed by atoms with Gasteiger partial charge in [0.1, 0.15) is 11.0 Å². The summed E-state index contributed by atoms with van der Waals surface area (Å²) in [7, 11) is 0. The van der Waals surface area contributed by atoms with Gasteiger partial charge in [-0.05, 0) is 41.2 Å². The van der Waals surface area contributed by atoms with Crippen LogP contribution >= 0.6 is 11.3 Å². The number of nitrogens with zero attached hydrogens (tertiary/aromatic N) is 1. The number of para-hydroxylation sites is 1. The minimum atomic E-state index is -0.617. The van der Waals surface area contributed by atoms with Crippen LogP contribution in [-0.4, -0.2) is 22.8 Å². The van der Waals surface area contributed by atoms with Crippen LogP contribution in [0.15, 0.2) is 48.5 Å². The van der Waals surface area contributed by atoms with Gasteiger partial charge in [-0.1, -0.05) is 58.9 Å². The van der Waals surface area contributed by atoms with Crippen molar-refractivity contribution < 1.29 is 9.59 Å². The lowest BCUT2D eigenvalue weighted by Crippen LogP contribution is -2.49. The summed E-state index contributed by atoms with van der Waals surface area (Å²) in [5.41, 5.74) is 2.66. The normalized spacial score (nSPS) is 12.7.